The third kappa shape index (κ3) is 4.20. The van der Waals surface area contributed by atoms with E-state index in [-0.39, 0.29) is 18.6 Å². The summed E-state index contributed by atoms with van der Waals surface area (Å²) >= 11 is 5.83. The fourth-order valence-electron chi connectivity index (χ4n) is 2.02. The fraction of sp³-hybridized carbons (Fsp3) is 0.188. The molecule has 0 amide bonds. The predicted molar refractivity (Wildman–Crippen MR) is 78.3 cm³/mol. The summed E-state index contributed by atoms with van der Waals surface area (Å²) in [5.41, 5.74) is 0.166. The van der Waals surface area contributed by atoms with Crippen molar-refractivity contribution in [1.82, 2.24) is 0 Å². The number of benzene rings is 2. The molecule has 0 aromatic heterocycles. The van der Waals surface area contributed by atoms with Crippen LogP contribution >= 0.6 is 11.6 Å². The van der Waals surface area contributed by atoms with Gasteiger partial charge in [0, 0.05) is 10.6 Å². The van der Waals surface area contributed by atoms with Crippen molar-refractivity contribution in [3.8, 4) is 5.75 Å². The van der Waals surface area contributed by atoms with E-state index >= 15 is 0 Å². The predicted octanol–water partition coefficient (Wildman–Crippen LogP) is 4.12. The summed E-state index contributed by atoms with van der Waals surface area (Å²) in [6, 6.07) is 12.7. The molecule has 0 fully saturated rings. The van der Waals surface area contributed by atoms with E-state index in [9.17, 15) is 14.3 Å². The van der Waals surface area contributed by atoms with Crippen LogP contribution in [-0.4, -0.2) is 17.7 Å². The van der Waals surface area contributed by atoms with Crippen LogP contribution in [0.5, 0.6) is 5.75 Å². The first-order valence-corrected chi connectivity index (χ1v) is 6.81. The zero-order valence-corrected chi connectivity index (χ0v) is 11.9. The van der Waals surface area contributed by atoms with Gasteiger partial charge < -0.3 is 9.84 Å². The molecule has 2 aromatic rings. The molecular formula is C16H14ClFO3. The van der Waals surface area contributed by atoms with Crippen LogP contribution < -0.4 is 4.74 Å². The lowest BCUT2D eigenvalue weighted by molar-refractivity contribution is -0.139. The lowest BCUT2D eigenvalue weighted by Crippen LogP contribution is -2.16. The largest absolute Gasteiger partial charge is 0.494 e. The third-order valence-corrected chi connectivity index (χ3v) is 3.29. The quantitative estimate of drug-likeness (QED) is 0.873. The minimum Gasteiger partial charge on any atom is -0.494 e. The molecule has 0 radical (unpaired) electrons. The first-order chi connectivity index (χ1) is 10.1. The average Bonchev–Trinajstić information content (AvgIpc) is 2.44. The fourth-order valence-corrected chi connectivity index (χ4v) is 2.20. The van der Waals surface area contributed by atoms with Crippen LogP contribution in [0.3, 0.4) is 0 Å². The van der Waals surface area contributed by atoms with Crippen molar-refractivity contribution >= 4 is 17.6 Å². The number of carboxylic acid groups (broad SMARTS) is 1. The van der Waals surface area contributed by atoms with Gasteiger partial charge in [0.2, 0.25) is 0 Å². The highest BCUT2D eigenvalue weighted by Crippen LogP contribution is 2.24. The van der Waals surface area contributed by atoms with E-state index in [4.69, 9.17) is 16.3 Å². The van der Waals surface area contributed by atoms with E-state index in [1.807, 2.05) is 0 Å². The van der Waals surface area contributed by atoms with Crippen molar-refractivity contribution in [2.45, 2.75) is 12.3 Å². The van der Waals surface area contributed by atoms with Gasteiger partial charge in [0.25, 0.3) is 0 Å². The molecule has 0 aliphatic rings. The van der Waals surface area contributed by atoms with Gasteiger partial charge in [-0.15, -0.1) is 0 Å². The molecule has 0 saturated carbocycles. The Labute approximate surface area is 126 Å². The average molecular weight is 309 g/mol. The molecule has 3 nitrogen and oxygen atoms in total. The number of hydrogen-bond acceptors (Lipinski definition) is 2. The van der Waals surface area contributed by atoms with Gasteiger partial charge in [-0.3, -0.25) is 4.79 Å². The van der Waals surface area contributed by atoms with Crippen LogP contribution in [0.25, 0.3) is 0 Å². The van der Waals surface area contributed by atoms with E-state index < -0.39 is 17.7 Å². The summed E-state index contributed by atoms with van der Waals surface area (Å²) in [4.78, 5) is 11.3. The Kier molecular flexibility index (Phi) is 5.17. The molecule has 0 aliphatic heterocycles. The smallest absolute Gasteiger partial charge is 0.311 e. The molecule has 110 valence electrons. The van der Waals surface area contributed by atoms with E-state index in [1.54, 1.807) is 30.3 Å². The number of halogens is 2. The Balaban J connectivity index is 2.02. The zero-order chi connectivity index (χ0) is 15.2. The molecule has 1 N–H and O–H groups in total. The molecule has 5 heteroatoms. The molecule has 1 atom stereocenters. The van der Waals surface area contributed by atoms with Gasteiger partial charge >= 0.3 is 5.97 Å². The van der Waals surface area contributed by atoms with Gasteiger partial charge in [-0.2, -0.15) is 0 Å². The van der Waals surface area contributed by atoms with Crippen molar-refractivity contribution in [1.29, 1.82) is 0 Å². The van der Waals surface area contributed by atoms with E-state index in [2.05, 4.69) is 0 Å². The Bertz CT molecular complexity index is 630. The highest BCUT2D eigenvalue weighted by molar-refractivity contribution is 6.30. The Morgan fingerprint density at radius 3 is 2.67 bits per heavy atom. The van der Waals surface area contributed by atoms with E-state index in [1.165, 1.54) is 18.2 Å². The summed E-state index contributed by atoms with van der Waals surface area (Å²) in [7, 11) is 0. The molecule has 0 bridgehead atoms. The maximum atomic E-state index is 13.7. The highest BCUT2D eigenvalue weighted by Gasteiger charge is 2.22. The van der Waals surface area contributed by atoms with Crippen molar-refractivity contribution in [3.63, 3.8) is 0 Å². The first kappa shape index (κ1) is 15.3. The maximum Gasteiger partial charge on any atom is 0.311 e. The SMILES string of the molecule is O=C(O)C(CCOc1cccc(Cl)c1)c1ccccc1F. The molecular weight excluding hydrogens is 295 g/mol. The topological polar surface area (TPSA) is 46.5 Å². The molecule has 21 heavy (non-hydrogen) atoms. The van der Waals surface area contributed by atoms with Crippen molar-refractivity contribution in [3.05, 3.63) is 64.9 Å². The number of rotatable bonds is 6. The summed E-state index contributed by atoms with van der Waals surface area (Å²) in [5, 5.41) is 9.79. The molecule has 2 aromatic carbocycles. The monoisotopic (exact) mass is 308 g/mol. The third-order valence-electron chi connectivity index (χ3n) is 3.05. The van der Waals surface area contributed by atoms with Gasteiger partial charge in [-0.25, -0.2) is 4.39 Å². The van der Waals surface area contributed by atoms with Crippen LogP contribution in [0, 0.1) is 5.82 Å². The van der Waals surface area contributed by atoms with Crippen molar-refractivity contribution in [2.24, 2.45) is 0 Å². The summed E-state index contributed by atoms with van der Waals surface area (Å²) in [5.74, 6) is -1.98. The molecule has 0 aliphatic carbocycles. The minimum atomic E-state index is -1.07. The van der Waals surface area contributed by atoms with Gasteiger partial charge in [0.1, 0.15) is 11.6 Å². The number of ether oxygens (including phenoxy) is 1. The second kappa shape index (κ2) is 7.09. The summed E-state index contributed by atoms with van der Waals surface area (Å²) in [6.45, 7) is 0.158. The number of carboxylic acids is 1. The van der Waals surface area contributed by atoms with Gasteiger partial charge in [0.05, 0.1) is 12.5 Å². The maximum absolute atomic E-state index is 13.7. The molecule has 0 heterocycles. The molecule has 0 spiro atoms. The van der Waals surface area contributed by atoms with Crippen LogP contribution in [0.15, 0.2) is 48.5 Å². The lowest BCUT2D eigenvalue weighted by atomic mass is 9.96. The Hall–Kier alpha value is -2.07. The van der Waals surface area contributed by atoms with Crippen LogP contribution in [-0.2, 0) is 4.79 Å². The minimum absolute atomic E-state index is 0.158. The first-order valence-electron chi connectivity index (χ1n) is 6.43. The normalized spacial score (nSPS) is 11.9. The van der Waals surface area contributed by atoms with Crippen molar-refractivity contribution in [2.75, 3.05) is 6.61 Å². The van der Waals surface area contributed by atoms with Crippen LogP contribution in [0.4, 0.5) is 4.39 Å². The standard InChI is InChI=1S/C16H14ClFO3/c17-11-4-3-5-12(10-11)21-9-8-14(16(19)20)13-6-1-2-7-15(13)18/h1-7,10,14H,8-9H2,(H,19,20). The van der Waals surface area contributed by atoms with E-state index in [0.29, 0.717) is 10.8 Å². The molecule has 2 rings (SSSR count). The molecule has 1 unspecified atom stereocenters. The second-order valence-corrected chi connectivity index (χ2v) is 4.94. The van der Waals surface area contributed by atoms with E-state index in [0.717, 1.165) is 0 Å². The van der Waals surface area contributed by atoms with Gasteiger partial charge in [0.15, 0.2) is 0 Å². The number of hydrogen-bond donors (Lipinski definition) is 1. The van der Waals surface area contributed by atoms with Gasteiger partial charge in [-0.05, 0) is 30.7 Å². The van der Waals surface area contributed by atoms with Gasteiger partial charge in [-0.1, -0.05) is 35.9 Å². The zero-order valence-electron chi connectivity index (χ0n) is 11.1. The lowest BCUT2D eigenvalue weighted by Gasteiger charge is -2.14. The Morgan fingerprint density at radius 2 is 2.00 bits per heavy atom. The Morgan fingerprint density at radius 1 is 1.24 bits per heavy atom. The number of carbonyl (C=O) groups is 1. The summed E-state index contributed by atoms with van der Waals surface area (Å²) in [6.07, 6.45) is 0.169. The number of aliphatic carboxylic acids is 1. The summed E-state index contributed by atoms with van der Waals surface area (Å²) < 4.78 is 19.1. The molecule has 0 saturated heterocycles. The highest BCUT2D eigenvalue weighted by atomic mass is 35.5. The van der Waals surface area contributed by atoms with Crippen molar-refractivity contribution < 1.29 is 19.0 Å². The van der Waals surface area contributed by atoms with Crippen LogP contribution in [0.2, 0.25) is 5.02 Å². The van der Waals surface area contributed by atoms with Crippen LogP contribution in [0.1, 0.15) is 17.9 Å². The second-order valence-electron chi connectivity index (χ2n) is 4.51.